The molecule has 9 nitrogen and oxygen atoms in total. The van der Waals surface area contributed by atoms with E-state index in [2.05, 4.69) is 45.2 Å². The van der Waals surface area contributed by atoms with E-state index in [1.807, 2.05) is 18.2 Å². The van der Waals surface area contributed by atoms with Crippen LogP contribution < -0.4 is 14.2 Å². The summed E-state index contributed by atoms with van der Waals surface area (Å²) in [6.45, 7) is 0. The van der Waals surface area contributed by atoms with E-state index in [0.29, 0.717) is 28.8 Å². The highest BCUT2D eigenvalue weighted by molar-refractivity contribution is 14.1. The summed E-state index contributed by atoms with van der Waals surface area (Å²) in [5.41, 5.74) is 2.39. The smallest absolute Gasteiger partial charge is 0.347 e. The molecule has 15 heteroatoms. The number of halogens is 6. The molecule has 0 saturated carbocycles. The number of phenolic OH excluding ortho intramolecular Hbond substituents is 3. The van der Waals surface area contributed by atoms with Crippen molar-refractivity contribution in [2.45, 2.75) is 0 Å². The third-order valence-electron chi connectivity index (χ3n) is 10.2. The molecule has 0 aliphatic heterocycles. The topological polar surface area (TPSA) is 140 Å². The van der Waals surface area contributed by atoms with Crippen LogP contribution in [0.4, 0.5) is 17.6 Å². The minimum Gasteiger partial charge on any atom is -0.507 e. The van der Waals surface area contributed by atoms with Gasteiger partial charge >= 0.3 is 17.9 Å². The zero-order valence-corrected chi connectivity index (χ0v) is 39.0. The molecular formula is C53H30F4I2O9. The Bertz CT molecular complexity index is 3300. The molecule has 0 unspecified atom stereocenters. The van der Waals surface area contributed by atoms with Gasteiger partial charge in [0.15, 0.2) is 0 Å². The van der Waals surface area contributed by atoms with Gasteiger partial charge in [0.25, 0.3) is 0 Å². The number of ether oxygens (including phenoxy) is 3. The Morgan fingerprint density at radius 3 is 1.35 bits per heavy atom. The third-order valence-corrected chi connectivity index (χ3v) is 11.4. The first-order valence-corrected chi connectivity index (χ1v) is 22.2. The second kappa shape index (κ2) is 20.2. The Morgan fingerprint density at radius 2 is 0.853 bits per heavy atom. The van der Waals surface area contributed by atoms with Gasteiger partial charge in [0.1, 0.15) is 74.5 Å². The Morgan fingerprint density at radius 1 is 0.397 bits per heavy atom. The van der Waals surface area contributed by atoms with Crippen LogP contribution in [0.5, 0.6) is 34.5 Å². The standard InChI is InChI=1S/C53H30F4I2O9/c54-35-8-14-43(47(57)25-35)32-7-13-46(50(62)23-32)53(65)68-42-16-29(15-41(27-42)67-52(64)45-12-6-31(22-49(45)61)34-19-38(58)26-39(59)20-34)2-1-28-3-9-40(10-4-28)66-51(63)44-11-5-30(21-48(44)60)33-17-36(55)24-37(56)18-33/h1-27,60-62H/b2-1+. The van der Waals surface area contributed by atoms with Crippen molar-refractivity contribution in [1.29, 1.82) is 0 Å². The molecule has 0 aromatic heterocycles. The highest BCUT2D eigenvalue weighted by Crippen LogP contribution is 2.34. The van der Waals surface area contributed by atoms with Crippen molar-refractivity contribution in [3.63, 3.8) is 0 Å². The minimum absolute atomic E-state index is 0.0142. The number of carbonyl (C=O) groups is 3. The molecule has 0 spiro atoms. The first-order valence-electron chi connectivity index (χ1n) is 20.0. The summed E-state index contributed by atoms with van der Waals surface area (Å²) in [5.74, 6) is -7.58. The normalized spacial score (nSPS) is 11.1. The number of hydrogen-bond donors (Lipinski definition) is 3. The van der Waals surface area contributed by atoms with Crippen LogP contribution in [-0.2, 0) is 0 Å². The number of aromatic hydroxyl groups is 3. The van der Waals surface area contributed by atoms with Gasteiger partial charge in [-0.1, -0.05) is 42.5 Å². The molecule has 0 heterocycles. The van der Waals surface area contributed by atoms with Crippen LogP contribution in [0.3, 0.4) is 0 Å². The number of esters is 3. The van der Waals surface area contributed by atoms with Crippen LogP contribution in [0.1, 0.15) is 42.2 Å². The largest absolute Gasteiger partial charge is 0.507 e. The van der Waals surface area contributed by atoms with Gasteiger partial charge in [0.2, 0.25) is 0 Å². The van der Waals surface area contributed by atoms with Crippen LogP contribution in [0.15, 0.2) is 152 Å². The fourth-order valence-corrected chi connectivity index (χ4v) is 8.88. The van der Waals surface area contributed by atoms with Crippen LogP contribution in [0.2, 0.25) is 0 Å². The van der Waals surface area contributed by atoms with E-state index in [1.54, 1.807) is 30.4 Å². The van der Waals surface area contributed by atoms with Crippen molar-refractivity contribution in [3.05, 3.63) is 210 Å². The van der Waals surface area contributed by atoms with E-state index >= 15 is 0 Å². The van der Waals surface area contributed by atoms with Gasteiger partial charge in [0, 0.05) is 30.9 Å². The second-order valence-electron chi connectivity index (χ2n) is 14.9. The fourth-order valence-electron chi connectivity index (χ4n) is 6.94. The fraction of sp³-hybridized carbons (Fsp3) is 0. The van der Waals surface area contributed by atoms with Crippen LogP contribution in [-0.4, -0.2) is 33.2 Å². The molecule has 3 N–H and O–H groups in total. The van der Waals surface area contributed by atoms with E-state index in [0.717, 1.165) is 37.0 Å². The maximum Gasteiger partial charge on any atom is 0.347 e. The van der Waals surface area contributed by atoms with Crippen molar-refractivity contribution >= 4 is 75.2 Å². The predicted molar refractivity (Wildman–Crippen MR) is 263 cm³/mol. The average Bonchev–Trinajstić information content (AvgIpc) is 3.28. The van der Waals surface area contributed by atoms with E-state index in [-0.39, 0.29) is 61.9 Å². The molecule has 338 valence electrons. The van der Waals surface area contributed by atoms with Crippen LogP contribution in [0.25, 0.3) is 45.5 Å². The lowest BCUT2D eigenvalue weighted by Gasteiger charge is -2.12. The molecule has 0 atom stereocenters. The van der Waals surface area contributed by atoms with E-state index < -0.39 is 52.7 Å². The van der Waals surface area contributed by atoms with Gasteiger partial charge in [-0.3, -0.25) is 0 Å². The molecular weight excluding hydrogens is 1110 g/mol. The first-order chi connectivity index (χ1) is 32.5. The Balaban J connectivity index is 1.02. The average molecular weight is 1140 g/mol. The van der Waals surface area contributed by atoms with Crippen LogP contribution in [0, 0.1) is 30.4 Å². The van der Waals surface area contributed by atoms with Gasteiger partial charge in [-0.15, -0.1) is 0 Å². The summed E-state index contributed by atoms with van der Waals surface area (Å²) in [7, 11) is 0. The lowest BCUT2D eigenvalue weighted by Crippen LogP contribution is -2.11. The van der Waals surface area contributed by atoms with E-state index in [4.69, 9.17) is 14.2 Å². The number of hydrogen-bond acceptors (Lipinski definition) is 9. The van der Waals surface area contributed by atoms with Gasteiger partial charge in [-0.25, -0.2) is 31.9 Å². The number of carbonyl (C=O) groups excluding carboxylic acids is 3. The minimum atomic E-state index is -1.03. The molecule has 0 amide bonds. The van der Waals surface area contributed by atoms with Gasteiger partial charge in [-0.05, 0) is 187 Å². The summed E-state index contributed by atoms with van der Waals surface area (Å²) in [6.07, 6.45) is 3.24. The lowest BCUT2D eigenvalue weighted by atomic mass is 10.0. The number of rotatable bonds is 11. The number of phenols is 3. The second-order valence-corrected chi connectivity index (χ2v) is 17.4. The summed E-state index contributed by atoms with van der Waals surface area (Å²) < 4.78 is 74.3. The maximum atomic E-state index is 14.5. The van der Waals surface area contributed by atoms with Crippen molar-refractivity contribution in [2.24, 2.45) is 0 Å². The molecule has 8 rings (SSSR count). The lowest BCUT2D eigenvalue weighted by molar-refractivity contribution is 0.0716. The SMILES string of the molecule is O=C(Oc1ccc(/C=C/c2cc(OC(=O)c3ccc(-c4cc(I)cc(I)c4)cc3O)cc(OC(=O)c3ccc(-c4ccc(F)cc4F)cc3O)c2)cc1)c1ccc(-c2cc(F)cc(F)c2)cc1O. The Labute approximate surface area is 411 Å². The van der Waals surface area contributed by atoms with Crippen molar-refractivity contribution in [1.82, 2.24) is 0 Å². The third kappa shape index (κ3) is 11.2. The molecule has 0 fully saturated rings. The van der Waals surface area contributed by atoms with Gasteiger partial charge < -0.3 is 29.5 Å². The molecule has 68 heavy (non-hydrogen) atoms. The van der Waals surface area contributed by atoms with Gasteiger partial charge in [-0.2, -0.15) is 0 Å². The quantitative estimate of drug-likeness (QED) is 0.0380. The molecule has 0 aliphatic rings. The molecule has 0 saturated heterocycles. The highest BCUT2D eigenvalue weighted by atomic mass is 127. The summed E-state index contributed by atoms with van der Waals surface area (Å²) in [5, 5.41) is 32.3. The number of benzene rings is 8. The zero-order valence-electron chi connectivity index (χ0n) is 34.6. The van der Waals surface area contributed by atoms with Crippen molar-refractivity contribution in [3.8, 4) is 67.9 Å². The van der Waals surface area contributed by atoms with Crippen LogP contribution >= 0.6 is 45.2 Å². The summed E-state index contributed by atoms with van der Waals surface area (Å²) in [6, 6.07) is 34.1. The van der Waals surface area contributed by atoms with E-state index in [9.17, 15) is 47.3 Å². The Kier molecular flexibility index (Phi) is 13.9. The maximum absolute atomic E-state index is 14.5. The van der Waals surface area contributed by atoms with Crippen molar-refractivity contribution in [2.75, 3.05) is 0 Å². The predicted octanol–water partition coefficient (Wildman–Crippen LogP) is 13.4. The Hall–Kier alpha value is -7.51. The summed E-state index contributed by atoms with van der Waals surface area (Å²) in [4.78, 5) is 39.9. The molecule has 8 aromatic carbocycles. The van der Waals surface area contributed by atoms with E-state index in [1.165, 1.54) is 78.9 Å². The first kappa shape index (κ1) is 47.0. The van der Waals surface area contributed by atoms with Gasteiger partial charge in [0.05, 0.1) is 0 Å². The molecule has 0 bridgehead atoms. The zero-order chi connectivity index (χ0) is 48.2. The molecule has 8 aromatic rings. The molecule has 0 aliphatic carbocycles. The van der Waals surface area contributed by atoms with Crippen molar-refractivity contribution < 1.29 is 61.5 Å². The molecule has 0 radical (unpaired) electrons. The highest BCUT2D eigenvalue weighted by Gasteiger charge is 2.20. The summed E-state index contributed by atoms with van der Waals surface area (Å²) >= 11 is 4.38. The monoisotopic (exact) mass is 1140 g/mol.